The van der Waals surface area contributed by atoms with Gasteiger partial charge in [-0.3, -0.25) is 0 Å². The Labute approximate surface area is 109 Å². The van der Waals surface area contributed by atoms with E-state index in [1.54, 1.807) is 0 Å². The van der Waals surface area contributed by atoms with Crippen LogP contribution in [-0.4, -0.2) is 4.98 Å². The lowest BCUT2D eigenvalue weighted by Gasteiger charge is -2.09. The van der Waals surface area contributed by atoms with E-state index in [2.05, 4.69) is 10.3 Å². The molecule has 0 aliphatic carbocycles. The Kier molecular flexibility index (Phi) is 3.74. The molecule has 0 radical (unpaired) electrons. The van der Waals surface area contributed by atoms with Crippen LogP contribution < -0.4 is 5.32 Å². The predicted octanol–water partition coefficient (Wildman–Crippen LogP) is 4.02. The molecule has 0 spiro atoms. The van der Waals surface area contributed by atoms with Gasteiger partial charge in [-0.2, -0.15) is 13.2 Å². The largest absolute Gasteiger partial charge is 0.416 e. The van der Waals surface area contributed by atoms with Gasteiger partial charge in [-0.25, -0.2) is 4.98 Å². The highest BCUT2D eigenvalue weighted by atomic mass is 19.4. The molecule has 5 heteroatoms. The molecule has 0 fully saturated rings. The highest BCUT2D eigenvalue weighted by Crippen LogP contribution is 2.29. The Morgan fingerprint density at radius 3 is 2.42 bits per heavy atom. The number of anilines is 1. The standard InChI is InChI=1S/C14H13F3N2/c1-10-2-4-11(5-3-10)9-19-13-8-12(6-7-18-13)14(15,16)17/h2-8H,9H2,1H3,(H,18,19). The van der Waals surface area contributed by atoms with E-state index in [9.17, 15) is 13.2 Å². The number of benzene rings is 1. The average molecular weight is 266 g/mol. The third-order valence-electron chi connectivity index (χ3n) is 2.68. The molecule has 0 saturated carbocycles. The molecule has 0 unspecified atom stereocenters. The maximum atomic E-state index is 12.5. The zero-order chi connectivity index (χ0) is 13.9. The lowest BCUT2D eigenvalue weighted by Crippen LogP contribution is -2.07. The number of alkyl halides is 3. The van der Waals surface area contributed by atoms with E-state index in [-0.39, 0.29) is 5.82 Å². The van der Waals surface area contributed by atoms with Crippen molar-refractivity contribution in [2.45, 2.75) is 19.6 Å². The number of halogens is 3. The van der Waals surface area contributed by atoms with Crippen LogP contribution in [0, 0.1) is 6.92 Å². The third kappa shape index (κ3) is 3.71. The molecule has 0 bridgehead atoms. The van der Waals surface area contributed by atoms with Crippen LogP contribution in [-0.2, 0) is 12.7 Å². The summed E-state index contributed by atoms with van der Waals surface area (Å²) in [6.07, 6.45) is -3.19. The second-order valence-corrected chi connectivity index (χ2v) is 4.27. The van der Waals surface area contributed by atoms with Crippen molar-refractivity contribution in [2.24, 2.45) is 0 Å². The average Bonchev–Trinajstić information content (AvgIpc) is 2.37. The van der Waals surface area contributed by atoms with E-state index >= 15 is 0 Å². The normalized spacial score (nSPS) is 11.4. The zero-order valence-corrected chi connectivity index (χ0v) is 10.3. The van der Waals surface area contributed by atoms with Gasteiger partial charge in [0.05, 0.1) is 5.56 Å². The summed E-state index contributed by atoms with van der Waals surface area (Å²) in [7, 11) is 0. The van der Waals surface area contributed by atoms with E-state index < -0.39 is 11.7 Å². The van der Waals surface area contributed by atoms with Crippen molar-refractivity contribution in [3.63, 3.8) is 0 Å². The minimum Gasteiger partial charge on any atom is -0.366 e. The van der Waals surface area contributed by atoms with Crippen LogP contribution in [0.25, 0.3) is 0 Å². The van der Waals surface area contributed by atoms with E-state index in [1.165, 1.54) is 0 Å². The summed E-state index contributed by atoms with van der Waals surface area (Å²) < 4.78 is 37.6. The van der Waals surface area contributed by atoms with Crippen molar-refractivity contribution in [1.82, 2.24) is 4.98 Å². The first-order valence-electron chi connectivity index (χ1n) is 5.78. The van der Waals surface area contributed by atoms with Crippen molar-refractivity contribution >= 4 is 5.82 Å². The topological polar surface area (TPSA) is 24.9 Å². The highest BCUT2D eigenvalue weighted by molar-refractivity contribution is 5.39. The molecule has 0 amide bonds. The molecular formula is C14H13F3N2. The Morgan fingerprint density at radius 1 is 1.11 bits per heavy atom. The van der Waals surface area contributed by atoms with E-state index in [0.29, 0.717) is 6.54 Å². The molecule has 0 aliphatic heterocycles. The van der Waals surface area contributed by atoms with Gasteiger partial charge in [0.15, 0.2) is 0 Å². The van der Waals surface area contributed by atoms with Gasteiger partial charge in [0.1, 0.15) is 5.82 Å². The zero-order valence-electron chi connectivity index (χ0n) is 10.3. The summed E-state index contributed by atoms with van der Waals surface area (Å²) in [4.78, 5) is 3.87. The van der Waals surface area contributed by atoms with Crippen LogP contribution in [0.4, 0.5) is 19.0 Å². The molecule has 0 aliphatic rings. The van der Waals surface area contributed by atoms with Gasteiger partial charge in [-0.05, 0) is 24.6 Å². The first-order chi connectivity index (χ1) is 8.95. The van der Waals surface area contributed by atoms with Crippen molar-refractivity contribution in [2.75, 3.05) is 5.32 Å². The van der Waals surface area contributed by atoms with E-state index in [4.69, 9.17) is 0 Å². The molecule has 1 heterocycles. The van der Waals surface area contributed by atoms with Gasteiger partial charge < -0.3 is 5.32 Å². The summed E-state index contributed by atoms with van der Waals surface area (Å²) in [5, 5.41) is 2.88. The first kappa shape index (κ1) is 13.4. The Bertz CT molecular complexity index is 547. The lowest BCUT2D eigenvalue weighted by atomic mass is 10.1. The number of hydrogen-bond acceptors (Lipinski definition) is 2. The smallest absolute Gasteiger partial charge is 0.366 e. The van der Waals surface area contributed by atoms with Crippen molar-refractivity contribution < 1.29 is 13.2 Å². The molecule has 0 saturated heterocycles. The van der Waals surface area contributed by atoms with Crippen LogP contribution in [0.1, 0.15) is 16.7 Å². The fourth-order valence-corrected chi connectivity index (χ4v) is 1.60. The van der Waals surface area contributed by atoms with Crippen LogP contribution in [0.3, 0.4) is 0 Å². The van der Waals surface area contributed by atoms with Gasteiger partial charge in [0.2, 0.25) is 0 Å². The summed E-state index contributed by atoms with van der Waals surface area (Å²) in [5.41, 5.74) is 1.43. The molecular weight excluding hydrogens is 253 g/mol. The Balaban J connectivity index is 2.05. The van der Waals surface area contributed by atoms with Crippen molar-refractivity contribution in [3.8, 4) is 0 Å². The third-order valence-corrected chi connectivity index (χ3v) is 2.68. The number of hydrogen-bond donors (Lipinski definition) is 1. The Morgan fingerprint density at radius 2 is 1.79 bits per heavy atom. The van der Waals surface area contributed by atoms with Crippen molar-refractivity contribution in [3.05, 3.63) is 59.3 Å². The number of pyridine rings is 1. The molecule has 1 aromatic heterocycles. The van der Waals surface area contributed by atoms with Crippen LogP contribution in [0.15, 0.2) is 42.6 Å². The molecule has 1 aromatic carbocycles. The van der Waals surface area contributed by atoms with Crippen LogP contribution in [0.2, 0.25) is 0 Å². The van der Waals surface area contributed by atoms with Crippen LogP contribution >= 0.6 is 0 Å². The summed E-state index contributed by atoms with van der Waals surface area (Å²) >= 11 is 0. The molecule has 100 valence electrons. The van der Waals surface area contributed by atoms with Gasteiger partial charge in [-0.15, -0.1) is 0 Å². The number of rotatable bonds is 3. The molecule has 19 heavy (non-hydrogen) atoms. The fourth-order valence-electron chi connectivity index (χ4n) is 1.60. The number of nitrogens with zero attached hydrogens (tertiary/aromatic N) is 1. The minimum atomic E-state index is -4.34. The quantitative estimate of drug-likeness (QED) is 0.907. The molecule has 2 rings (SSSR count). The molecule has 2 aromatic rings. The van der Waals surface area contributed by atoms with Gasteiger partial charge in [0.25, 0.3) is 0 Å². The van der Waals surface area contributed by atoms with Crippen LogP contribution in [0.5, 0.6) is 0 Å². The second kappa shape index (κ2) is 5.30. The van der Waals surface area contributed by atoms with Gasteiger partial charge in [-0.1, -0.05) is 29.8 Å². The SMILES string of the molecule is Cc1ccc(CNc2cc(C(F)(F)F)ccn2)cc1. The molecule has 2 nitrogen and oxygen atoms in total. The van der Waals surface area contributed by atoms with Gasteiger partial charge >= 0.3 is 6.18 Å². The fraction of sp³-hybridized carbons (Fsp3) is 0.214. The maximum absolute atomic E-state index is 12.5. The maximum Gasteiger partial charge on any atom is 0.416 e. The number of aryl methyl sites for hydroxylation is 1. The van der Waals surface area contributed by atoms with Gasteiger partial charge in [0, 0.05) is 12.7 Å². The highest BCUT2D eigenvalue weighted by Gasteiger charge is 2.30. The Hall–Kier alpha value is -2.04. The molecule has 1 N–H and O–H groups in total. The van der Waals surface area contributed by atoms with E-state index in [1.807, 2.05) is 31.2 Å². The number of nitrogens with one attached hydrogen (secondary N) is 1. The van der Waals surface area contributed by atoms with E-state index in [0.717, 1.165) is 29.5 Å². The summed E-state index contributed by atoms with van der Waals surface area (Å²) in [5.74, 6) is 0.218. The second-order valence-electron chi connectivity index (χ2n) is 4.27. The lowest BCUT2D eigenvalue weighted by molar-refractivity contribution is -0.137. The minimum absolute atomic E-state index is 0.218. The summed E-state index contributed by atoms with van der Waals surface area (Å²) in [6, 6.07) is 9.73. The van der Waals surface area contributed by atoms with Crippen molar-refractivity contribution in [1.29, 1.82) is 0 Å². The first-order valence-corrected chi connectivity index (χ1v) is 5.78. The predicted molar refractivity (Wildman–Crippen MR) is 67.7 cm³/mol. The number of aromatic nitrogens is 1. The molecule has 0 atom stereocenters. The summed E-state index contributed by atoms with van der Waals surface area (Å²) in [6.45, 7) is 2.42. The monoisotopic (exact) mass is 266 g/mol.